The number of nitrogens with two attached hydrogens (primary N) is 1. The minimum absolute atomic E-state index is 0. The summed E-state index contributed by atoms with van der Waals surface area (Å²) >= 11 is 0. The van der Waals surface area contributed by atoms with Crippen LogP contribution in [-0.2, 0) is 9.59 Å². The van der Waals surface area contributed by atoms with E-state index in [-0.39, 0.29) is 37.8 Å². The Hall–Kier alpha value is -1.02. The van der Waals surface area contributed by atoms with Crippen molar-refractivity contribution in [1.29, 1.82) is 0 Å². The molecule has 0 saturated carbocycles. The molecule has 1 saturated heterocycles. The third-order valence-electron chi connectivity index (χ3n) is 2.51. The molecule has 0 aromatic carbocycles. The largest absolute Gasteiger partial charge is 0.406 e. The van der Waals surface area contributed by atoms with Crippen LogP contribution in [0.2, 0.25) is 0 Å². The number of likely N-dealkylation sites (tertiary alicyclic amines) is 1. The smallest absolute Gasteiger partial charge is 0.344 e. The van der Waals surface area contributed by atoms with Gasteiger partial charge in [-0.2, -0.15) is 13.2 Å². The highest BCUT2D eigenvalue weighted by Gasteiger charge is 2.39. The van der Waals surface area contributed by atoms with Crippen LogP contribution in [0, 0.1) is 0 Å². The van der Waals surface area contributed by atoms with Gasteiger partial charge in [-0.1, -0.05) is 0 Å². The lowest BCUT2D eigenvalue weighted by atomic mass is 10.2. The molecule has 1 aliphatic heterocycles. The second kappa shape index (κ2) is 6.95. The fourth-order valence-corrected chi connectivity index (χ4v) is 1.79. The van der Waals surface area contributed by atoms with E-state index in [4.69, 9.17) is 5.73 Å². The number of hydrogen-bond acceptors (Lipinski definition) is 3. The Morgan fingerprint density at radius 1 is 1.58 bits per heavy atom. The zero-order valence-electron chi connectivity index (χ0n) is 10.4. The zero-order chi connectivity index (χ0) is 13.9. The maximum atomic E-state index is 12.1. The fourth-order valence-electron chi connectivity index (χ4n) is 1.79. The number of nitrogens with zero attached hydrogens (tertiary/aromatic N) is 1. The molecule has 0 spiro atoms. The average molecular weight is 304 g/mol. The van der Waals surface area contributed by atoms with E-state index in [1.165, 1.54) is 0 Å². The summed E-state index contributed by atoms with van der Waals surface area (Å²) in [7, 11) is 0. The molecule has 0 aromatic heterocycles. The SMILES string of the molecule is CC(N)CC(=O)NC1CCN(CC(F)(F)F)C1=O.Cl. The molecule has 2 unspecified atom stereocenters. The van der Waals surface area contributed by atoms with Crippen LogP contribution in [0.15, 0.2) is 0 Å². The number of amides is 2. The second-order valence-electron chi connectivity index (χ2n) is 4.47. The highest BCUT2D eigenvalue weighted by molar-refractivity contribution is 5.89. The highest BCUT2D eigenvalue weighted by Crippen LogP contribution is 2.20. The Bertz CT molecular complexity index is 336. The first-order valence-corrected chi connectivity index (χ1v) is 5.59. The van der Waals surface area contributed by atoms with Crippen LogP contribution < -0.4 is 11.1 Å². The van der Waals surface area contributed by atoms with Gasteiger partial charge in [-0.25, -0.2) is 0 Å². The van der Waals surface area contributed by atoms with E-state index >= 15 is 0 Å². The molecule has 5 nitrogen and oxygen atoms in total. The minimum atomic E-state index is -4.42. The van der Waals surface area contributed by atoms with Crippen molar-refractivity contribution in [3.05, 3.63) is 0 Å². The van der Waals surface area contributed by atoms with Crippen LogP contribution in [0.5, 0.6) is 0 Å². The normalized spacial score (nSPS) is 21.0. The van der Waals surface area contributed by atoms with Crippen LogP contribution >= 0.6 is 12.4 Å². The lowest BCUT2D eigenvalue weighted by molar-refractivity contribution is -0.158. The van der Waals surface area contributed by atoms with Crippen molar-refractivity contribution in [3.63, 3.8) is 0 Å². The molecule has 1 heterocycles. The summed E-state index contributed by atoms with van der Waals surface area (Å²) in [6.45, 7) is 0.360. The van der Waals surface area contributed by atoms with Crippen molar-refractivity contribution in [2.45, 2.75) is 38.0 Å². The Labute approximate surface area is 115 Å². The molecule has 1 aliphatic rings. The third-order valence-corrected chi connectivity index (χ3v) is 2.51. The maximum absolute atomic E-state index is 12.1. The Balaban J connectivity index is 0.00000324. The predicted octanol–water partition coefficient (Wildman–Crippen LogP) is 0.425. The van der Waals surface area contributed by atoms with Gasteiger partial charge in [-0.3, -0.25) is 9.59 Å². The molecule has 2 atom stereocenters. The third kappa shape index (κ3) is 6.11. The van der Waals surface area contributed by atoms with Gasteiger partial charge in [0.05, 0.1) is 0 Å². The molecule has 9 heteroatoms. The standard InChI is InChI=1S/C10H16F3N3O2.ClH/c1-6(14)4-8(17)15-7-2-3-16(9(7)18)5-10(11,12)13;/h6-7H,2-5,14H2,1H3,(H,15,17);1H. The van der Waals surface area contributed by atoms with Gasteiger partial charge in [0.1, 0.15) is 12.6 Å². The number of alkyl halides is 3. The van der Waals surface area contributed by atoms with Crippen LogP contribution in [0.4, 0.5) is 13.2 Å². The van der Waals surface area contributed by atoms with Crippen LogP contribution in [-0.4, -0.2) is 48.1 Å². The fraction of sp³-hybridized carbons (Fsp3) is 0.800. The molecule has 1 fully saturated rings. The minimum Gasteiger partial charge on any atom is -0.344 e. The first-order chi connectivity index (χ1) is 8.19. The summed E-state index contributed by atoms with van der Waals surface area (Å²) in [5.41, 5.74) is 5.41. The Morgan fingerprint density at radius 2 is 2.16 bits per heavy atom. The van der Waals surface area contributed by atoms with Gasteiger partial charge in [-0.15, -0.1) is 12.4 Å². The lowest BCUT2D eigenvalue weighted by Gasteiger charge is -2.18. The topological polar surface area (TPSA) is 75.4 Å². The summed E-state index contributed by atoms with van der Waals surface area (Å²) in [6, 6.07) is -1.22. The summed E-state index contributed by atoms with van der Waals surface area (Å²) in [4.78, 5) is 23.7. The lowest BCUT2D eigenvalue weighted by Crippen LogP contribution is -2.44. The maximum Gasteiger partial charge on any atom is 0.406 e. The van der Waals surface area contributed by atoms with Crippen molar-refractivity contribution in [2.75, 3.05) is 13.1 Å². The van der Waals surface area contributed by atoms with Crippen molar-refractivity contribution in [2.24, 2.45) is 5.73 Å². The molecule has 0 aromatic rings. The quantitative estimate of drug-likeness (QED) is 0.790. The predicted molar refractivity (Wildman–Crippen MR) is 64.7 cm³/mol. The van der Waals surface area contributed by atoms with Gasteiger partial charge in [0.25, 0.3) is 0 Å². The molecule has 0 radical (unpaired) electrons. The molecule has 19 heavy (non-hydrogen) atoms. The molecular formula is C10H17ClF3N3O2. The Morgan fingerprint density at radius 3 is 2.63 bits per heavy atom. The van der Waals surface area contributed by atoms with Gasteiger partial charge in [0, 0.05) is 19.0 Å². The molecule has 0 aliphatic carbocycles. The molecule has 3 N–H and O–H groups in total. The second-order valence-corrected chi connectivity index (χ2v) is 4.47. The van der Waals surface area contributed by atoms with Crippen LogP contribution in [0.25, 0.3) is 0 Å². The number of hydrogen-bond donors (Lipinski definition) is 2. The summed E-state index contributed by atoms with van der Waals surface area (Å²) < 4.78 is 36.4. The molecule has 2 amide bonds. The number of rotatable bonds is 4. The number of carbonyl (C=O) groups is 2. The van der Waals surface area contributed by atoms with Gasteiger partial charge >= 0.3 is 6.18 Å². The van der Waals surface area contributed by atoms with Gasteiger partial charge < -0.3 is 16.0 Å². The first-order valence-electron chi connectivity index (χ1n) is 5.59. The summed E-state index contributed by atoms with van der Waals surface area (Å²) in [5, 5.41) is 2.40. The van der Waals surface area contributed by atoms with Crippen molar-refractivity contribution in [1.82, 2.24) is 10.2 Å². The van der Waals surface area contributed by atoms with E-state index in [1.54, 1.807) is 6.92 Å². The van der Waals surface area contributed by atoms with Gasteiger partial charge in [-0.05, 0) is 13.3 Å². The van der Waals surface area contributed by atoms with E-state index in [2.05, 4.69) is 5.32 Å². The zero-order valence-corrected chi connectivity index (χ0v) is 11.2. The van der Waals surface area contributed by atoms with Crippen molar-refractivity contribution < 1.29 is 22.8 Å². The van der Waals surface area contributed by atoms with Crippen molar-refractivity contribution >= 4 is 24.2 Å². The van der Waals surface area contributed by atoms with E-state index in [9.17, 15) is 22.8 Å². The number of nitrogens with one attached hydrogen (secondary N) is 1. The van der Waals surface area contributed by atoms with Gasteiger partial charge in [0.15, 0.2) is 0 Å². The number of carbonyl (C=O) groups excluding carboxylic acids is 2. The van der Waals surface area contributed by atoms with Crippen LogP contribution in [0.1, 0.15) is 19.8 Å². The number of halogens is 4. The molecule has 112 valence electrons. The molecule has 1 rings (SSSR count). The monoisotopic (exact) mass is 303 g/mol. The van der Waals surface area contributed by atoms with E-state index in [0.29, 0.717) is 4.90 Å². The van der Waals surface area contributed by atoms with E-state index in [0.717, 1.165) is 0 Å². The molecule has 0 bridgehead atoms. The summed E-state index contributed by atoms with van der Waals surface area (Å²) in [5.74, 6) is -1.11. The average Bonchev–Trinajstić information content (AvgIpc) is 2.46. The van der Waals surface area contributed by atoms with Crippen molar-refractivity contribution in [3.8, 4) is 0 Å². The first kappa shape index (κ1) is 18.0. The molecular weight excluding hydrogens is 287 g/mol. The highest BCUT2D eigenvalue weighted by atomic mass is 35.5. The summed E-state index contributed by atoms with van der Waals surface area (Å²) in [6.07, 6.45) is -4.18. The Kier molecular flexibility index (Phi) is 6.58. The van der Waals surface area contributed by atoms with E-state index in [1.807, 2.05) is 0 Å². The van der Waals surface area contributed by atoms with Gasteiger partial charge in [0.2, 0.25) is 11.8 Å². The van der Waals surface area contributed by atoms with Crippen LogP contribution in [0.3, 0.4) is 0 Å². The van der Waals surface area contributed by atoms with E-state index < -0.39 is 30.6 Å².